The molecule has 0 aromatic heterocycles. The standard InChI is InChI=1S/C20H25NO2/c1-6-17(23-18-11-10-13(2)12-16(18)5)20(22)21-19-14(3)8-7-9-15(19)4/h7-12,17H,6H2,1-5H3,(H,21,22)/t17-/m1/s1. The number of hydrogen-bond acceptors (Lipinski definition) is 2. The second kappa shape index (κ2) is 7.32. The van der Waals surface area contributed by atoms with Crippen molar-refractivity contribution in [3.63, 3.8) is 0 Å². The van der Waals surface area contributed by atoms with Crippen molar-refractivity contribution in [3.05, 3.63) is 58.7 Å². The summed E-state index contributed by atoms with van der Waals surface area (Å²) in [6.07, 6.45) is 0.111. The van der Waals surface area contributed by atoms with Crippen LogP contribution in [0.1, 0.15) is 35.6 Å². The molecule has 122 valence electrons. The molecular weight excluding hydrogens is 286 g/mol. The first-order valence-corrected chi connectivity index (χ1v) is 8.03. The summed E-state index contributed by atoms with van der Waals surface area (Å²) in [4.78, 5) is 12.6. The fraction of sp³-hybridized carbons (Fsp3) is 0.350. The van der Waals surface area contributed by atoms with Crippen molar-refractivity contribution in [1.82, 2.24) is 0 Å². The Morgan fingerprint density at radius 2 is 1.70 bits per heavy atom. The molecule has 0 bridgehead atoms. The Morgan fingerprint density at radius 1 is 1.04 bits per heavy atom. The van der Waals surface area contributed by atoms with Gasteiger partial charge in [0.15, 0.2) is 6.10 Å². The molecule has 1 amide bonds. The van der Waals surface area contributed by atoms with Crippen LogP contribution in [0.15, 0.2) is 36.4 Å². The highest BCUT2D eigenvalue weighted by Gasteiger charge is 2.20. The molecule has 0 aliphatic heterocycles. The number of carbonyl (C=O) groups is 1. The van der Waals surface area contributed by atoms with Gasteiger partial charge in [0.2, 0.25) is 0 Å². The van der Waals surface area contributed by atoms with E-state index in [1.165, 1.54) is 5.56 Å². The molecule has 0 fully saturated rings. The summed E-state index contributed by atoms with van der Waals surface area (Å²) < 4.78 is 5.95. The number of aryl methyl sites for hydroxylation is 4. The zero-order valence-electron chi connectivity index (χ0n) is 14.6. The van der Waals surface area contributed by atoms with Crippen molar-refractivity contribution in [2.45, 2.75) is 47.1 Å². The first-order valence-electron chi connectivity index (χ1n) is 8.03. The molecule has 1 N–H and O–H groups in total. The highest BCUT2D eigenvalue weighted by molar-refractivity contribution is 5.95. The van der Waals surface area contributed by atoms with Gasteiger partial charge in [-0.1, -0.05) is 42.8 Å². The molecule has 23 heavy (non-hydrogen) atoms. The van der Waals surface area contributed by atoms with Crippen LogP contribution in [0.5, 0.6) is 5.75 Å². The fourth-order valence-electron chi connectivity index (χ4n) is 2.62. The van der Waals surface area contributed by atoms with E-state index in [-0.39, 0.29) is 5.91 Å². The van der Waals surface area contributed by atoms with Gasteiger partial charge in [0.1, 0.15) is 5.75 Å². The predicted octanol–water partition coefficient (Wildman–Crippen LogP) is 4.72. The zero-order valence-corrected chi connectivity index (χ0v) is 14.6. The number of carbonyl (C=O) groups excluding carboxylic acids is 1. The van der Waals surface area contributed by atoms with E-state index in [2.05, 4.69) is 11.4 Å². The third-order valence-corrected chi connectivity index (χ3v) is 3.99. The number of amides is 1. The topological polar surface area (TPSA) is 38.3 Å². The van der Waals surface area contributed by atoms with E-state index in [9.17, 15) is 4.79 Å². The van der Waals surface area contributed by atoms with Gasteiger partial charge in [0.05, 0.1) is 0 Å². The zero-order chi connectivity index (χ0) is 17.0. The summed E-state index contributed by atoms with van der Waals surface area (Å²) >= 11 is 0. The van der Waals surface area contributed by atoms with E-state index in [0.717, 1.165) is 28.1 Å². The Hall–Kier alpha value is -2.29. The van der Waals surface area contributed by atoms with E-state index in [0.29, 0.717) is 6.42 Å². The second-order valence-electron chi connectivity index (χ2n) is 6.04. The SMILES string of the molecule is CC[C@@H](Oc1ccc(C)cc1C)C(=O)Nc1c(C)cccc1C. The quantitative estimate of drug-likeness (QED) is 0.868. The van der Waals surface area contributed by atoms with E-state index in [4.69, 9.17) is 4.74 Å². The summed E-state index contributed by atoms with van der Waals surface area (Å²) in [6.45, 7) is 9.99. The molecule has 0 heterocycles. The van der Waals surface area contributed by atoms with E-state index in [1.54, 1.807) is 0 Å². The van der Waals surface area contributed by atoms with Crippen molar-refractivity contribution in [2.24, 2.45) is 0 Å². The Kier molecular flexibility index (Phi) is 5.43. The highest BCUT2D eigenvalue weighted by Crippen LogP contribution is 2.23. The number of ether oxygens (including phenoxy) is 1. The number of anilines is 1. The molecule has 0 saturated heterocycles. The molecule has 1 atom stereocenters. The minimum absolute atomic E-state index is 0.107. The highest BCUT2D eigenvalue weighted by atomic mass is 16.5. The summed E-state index contributed by atoms with van der Waals surface area (Å²) in [6, 6.07) is 12.0. The lowest BCUT2D eigenvalue weighted by molar-refractivity contribution is -0.122. The van der Waals surface area contributed by atoms with E-state index in [1.807, 2.05) is 65.0 Å². The summed E-state index contributed by atoms with van der Waals surface area (Å²) in [5, 5.41) is 3.02. The first kappa shape index (κ1) is 17.1. The maximum absolute atomic E-state index is 12.6. The average molecular weight is 311 g/mol. The molecule has 3 nitrogen and oxygen atoms in total. The molecule has 2 rings (SSSR count). The maximum atomic E-state index is 12.6. The van der Waals surface area contributed by atoms with Gasteiger partial charge in [-0.15, -0.1) is 0 Å². The fourth-order valence-corrected chi connectivity index (χ4v) is 2.62. The minimum Gasteiger partial charge on any atom is -0.480 e. The van der Waals surface area contributed by atoms with Crippen molar-refractivity contribution in [2.75, 3.05) is 5.32 Å². The van der Waals surface area contributed by atoms with Crippen LogP contribution in [0.25, 0.3) is 0 Å². The van der Waals surface area contributed by atoms with Gasteiger partial charge in [-0.25, -0.2) is 0 Å². The van der Waals surface area contributed by atoms with Gasteiger partial charge >= 0.3 is 0 Å². The number of rotatable bonds is 5. The molecule has 0 aliphatic carbocycles. The predicted molar refractivity (Wildman–Crippen MR) is 95.2 cm³/mol. The van der Waals surface area contributed by atoms with Crippen LogP contribution in [0.2, 0.25) is 0 Å². The maximum Gasteiger partial charge on any atom is 0.265 e. The van der Waals surface area contributed by atoms with Gasteiger partial charge < -0.3 is 10.1 Å². The molecule has 0 aliphatic rings. The van der Waals surface area contributed by atoms with Crippen LogP contribution < -0.4 is 10.1 Å². The smallest absolute Gasteiger partial charge is 0.265 e. The van der Waals surface area contributed by atoms with Crippen LogP contribution in [-0.4, -0.2) is 12.0 Å². The van der Waals surface area contributed by atoms with Crippen LogP contribution in [0.3, 0.4) is 0 Å². The van der Waals surface area contributed by atoms with Crippen molar-refractivity contribution >= 4 is 11.6 Å². The lowest BCUT2D eigenvalue weighted by Gasteiger charge is -2.20. The normalized spacial score (nSPS) is 11.9. The number of nitrogens with one attached hydrogen (secondary N) is 1. The lowest BCUT2D eigenvalue weighted by atomic mass is 10.1. The molecule has 2 aromatic carbocycles. The molecule has 0 spiro atoms. The van der Waals surface area contributed by atoms with Crippen LogP contribution in [-0.2, 0) is 4.79 Å². The van der Waals surface area contributed by atoms with Gasteiger partial charge in [-0.2, -0.15) is 0 Å². The van der Waals surface area contributed by atoms with Crippen molar-refractivity contribution < 1.29 is 9.53 Å². The van der Waals surface area contributed by atoms with Gasteiger partial charge in [-0.3, -0.25) is 4.79 Å². The van der Waals surface area contributed by atoms with Crippen LogP contribution in [0, 0.1) is 27.7 Å². The lowest BCUT2D eigenvalue weighted by Crippen LogP contribution is -2.33. The van der Waals surface area contributed by atoms with Crippen molar-refractivity contribution in [3.8, 4) is 5.75 Å². The molecule has 0 saturated carbocycles. The summed E-state index contributed by atoms with van der Waals surface area (Å²) in [5.41, 5.74) is 5.21. The first-order chi connectivity index (χ1) is 10.9. The third kappa shape index (κ3) is 4.13. The Labute approximate surface area is 138 Å². The third-order valence-electron chi connectivity index (χ3n) is 3.99. The largest absolute Gasteiger partial charge is 0.480 e. The minimum atomic E-state index is -0.504. The van der Waals surface area contributed by atoms with E-state index < -0.39 is 6.10 Å². The molecule has 2 aromatic rings. The Morgan fingerprint density at radius 3 is 2.26 bits per heavy atom. The van der Waals surface area contributed by atoms with Gasteiger partial charge in [0, 0.05) is 5.69 Å². The monoisotopic (exact) mass is 311 g/mol. The molecule has 0 unspecified atom stereocenters. The Bertz CT molecular complexity index is 687. The van der Waals surface area contributed by atoms with Gasteiger partial charge in [-0.05, 0) is 56.9 Å². The average Bonchev–Trinajstić information content (AvgIpc) is 2.50. The van der Waals surface area contributed by atoms with Crippen LogP contribution in [0.4, 0.5) is 5.69 Å². The van der Waals surface area contributed by atoms with Gasteiger partial charge in [0.25, 0.3) is 5.91 Å². The summed E-state index contributed by atoms with van der Waals surface area (Å²) in [5.74, 6) is 0.656. The summed E-state index contributed by atoms with van der Waals surface area (Å²) in [7, 11) is 0. The molecular formula is C20H25NO2. The number of para-hydroxylation sites is 1. The van der Waals surface area contributed by atoms with E-state index >= 15 is 0 Å². The second-order valence-corrected chi connectivity index (χ2v) is 6.04. The van der Waals surface area contributed by atoms with Crippen molar-refractivity contribution in [1.29, 1.82) is 0 Å². The molecule has 0 radical (unpaired) electrons. The number of benzene rings is 2. The van der Waals surface area contributed by atoms with Crippen LogP contribution >= 0.6 is 0 Å². The Balaban J connectivity index is 2.15. The molecule has 3 heteroatoms. The number of hydrogen-bond donors (Lipinski definition) is 1.